The lowest BCUT2D eigenvalue weighted by Gasteiger charge is -2.29. The smallest absolute Gasteiger partial charge is 0.149 e. The summed E-state index contributed by atoms with van der Waals surface area (Å²) >= 11 is 12.3. The third-order valence-corrected chi connectivity index (χ3v) is 3.47. The summed E-state index contributed by atoms with van der Waals surface area (Å²) in [4.78, 5) is 4.41. The molecule has 1 aliphatic heterocycles. The maximum Gasteiger partial charge on any atom is 0.149 e. The van der Waals surface area contributed by atoms with Crippen molar-refractivity contribution in [1.82, 2.24) is 0 Å². The lowest BCUT2D eigenvalue weighted by Crippen LogP contribution is -2.38. The lowest BCUT2D eigenvalue weighted by molar-refractivity contribution is 0.0892. The monoisotopic (exact) mass is 257 g/mol. The Morgan fingerprint density at radius 2 is 2.00 bits per heavy atom. The highest BCUT2D eigenvalue weighted by Crippen LogP contribution is 2.36. The van der Waals surface area contributed by atoms with E-state index in [1.54, 1.807) is 6.07 Å². The number of aliphatic imine (C=N–C) groups is 1. The van der Waals surface area contributed by atoms with Gasteiger partial charge in [0.05, 0.1) is 16.6 Å². The average molecular weight is 258 g/mol. The molecule has 0 N–H and O–H groups in total. The van der Waals surface area contributed by atoms with Crippen molar-refractivity contribution in [3.8, 4) is 5.75 Å². The first-order valence-electron chi connectivity index (χ1n) is 5.13. The molecule has 0 saturated heterocycles. The van der Waals surface area contributed by atoms with Gasteiger partial charge in [-0.3, -0.25) is 4.99 Å². The van der Waals surface area contributed by atoms with E-state index in [0.717, 1.165) is 5.56 Å². The summed E-state index contributed by atoms with van der Waals surface area (Å²) in [5, 5.41) is 1.02. The number of benzene rings is 1. The largest absolute Gasteiger partial charge is 0.483 e. The van der Waals surface area contributed by atoms with E-state index < -0.39 is 5.60 Å². The first-order chi connectivity index (χ1) is 7.42. The fraction of sp³-hybridized carbons (Fsp3) is 0.417. The van der Waals surface area contributed by atoms with E-state index >= 15 is 0 Å². The van der Waals surface area contributed by atoms with Crippen molar-refractivity contribution in [3.63, 3.8) is 0 Å². The van der Waals surface area contributed by atoms with Crippen LogP contribution in [0.4, 0.5) is 0 Å². The van der Waals surface area contributed by atoms with Crippen molar-refractivity contribution in [2.45, 2.75) is 32.4 Å². The second kappa shape index (κ2) is 3.94. The maximum atomic E-state index is 6.16. The highest BCUT2D eigenvalue weighted by Gasteiger charge is 2.33. The predicted molar refractivity (Wildman–Crippen MR) is 68.0 cm³/mol. The van der Waals surface area contributed by atoms with Crippen molar-refractivity contribution in [3.05, 3.63) is 28.8 Å². The van der Waals surface area contributed by atoms with Gasteiger partial charge in [-0.25, -0.2) is 0 Å². The minimum absolute atomic E-state index is 0.0246. The normalized spacial score (nSPS) is 22.8. The molecule has 4 heteroatoms. The van der Waals surface area contributed by atoms with Gasteiger partial charge in [-0.1, -0.05) is 29.3 Å². The topological polar surface area (TPSA) is 21.6 Å². The van der Waals surface area contributed by atoms with Crippen LogP contribution in [-0.2, 0) is 0 Å². The Balaban J connectivity index is 2.62. The molecule has 1 aromatic rings. The summed E-state index contributed by atoms with van der Waals surface area (Å²) in [7, 11) is 0. The second-order valence-electron chi connectivity index (χ2n) is 4.42. The van der Waals surface area contributed by atoms with Crippen molar-refractivity contribution in [2.24, 2.45) is 4.99 Å². The highest BCUT2D eigenvalue weighted by molar-refractivity contribution is 6.70. The number of fused-ring (bicyclic) bond motifs is 1. The van der Waals surface area contributed by atoms with Crippen LogP contribution in [0.3, 0.4) is 0 Å². The lowest BCUT2D eigenvalue weighted by atomic mass is 10.0. The second-order valence-corrected chi connectivity index (χ2v) is 5.18. The van der Waals surface area contributed by atoms with Crippen LogP contribution in [0.25, 0.3) is 0 Å². The third-order valence-electron chi connectivity index (χ3n) is 2.87. The fourth-order valence-electron chi connectivity index (χ4n) is 1.52. The van der Waals surface area contributed by atoms with E-state index in [0.29, 0.717) is 15.9 Å². The Morgan fingerprint density at radius 1 is 1.31 bits per heavy atom. The molecule has 0 radical (unpaired) electrons. The van der Waals surface area contributed by atoms with Crippen LogP contribution in [0.5, 0.6) is 5.75 Å². The molecule has 2 rings (SSSR count). The number of hydrogen-bond acceptors (Lipinski definition) is 2. The fourth-order valence-corrected chi connectivity index (χ4v) is 2.03. The molecule has 0 saturated carbocycles. The molecule has 0 aliphatic carbocycles. The number of nitrogens with zero attached hydrogens (tertiary/aromatic N) is 1. The molecule has 0 aromatic heterocycles. The summed E-state index contributed by atoms with van der Waals surface area (Å²) < 4.78 is 5.93. The Bertz CT molecular complexity index is 454. The molecular weight excluding hydrogens is 245 g/mol. The van der Waals surface area contributed by atoms with E-state index in [1.807, 2.05) is 32.9 Å². The number of hydrogen-bond donors (Lipinski definition) is 0. The Kier molecular flexibility index (Phi) is 2.89. The van der Waals surface area contributed by atoms with Crippen molar-refractivity contribution in [1.29, 1.82) is 0 Å². The van der Waals surface area contributed by atoms with E-state index in [1.165, 1.54) is 0 Å². The summed E-state index contributed by atoms with van der Waals surface area (Å²) in [5.74, 6) is 0.618. The van der Waals surface area contributed by atoms with Crippen LogP contribution in [-0.4, -0.2) is 16.8 Å². The van der Waals surface area contributed by atoms with Gasteiger partial charge in [-0.2, -0.15) is 0 Å². The number of para-hydroxylation sites is 1. The van der Waals surface area contributed by atoms with Gasteiger partial charge in [0.15, 0.2) is 0 Å². The van der Waals surface area contributed by atoms with Crippen molar-refractivity contribution < 1.29 is 4.74 Å². The molecular formula is C12H13Cl2NO. The zero-order chi connectivity index (χ0) is 11.9. The maximum absolute atomic E-state index is 6.16. The van der Waals surface area contributed by atoms with E-state index in [2.05, 4.69) is 4.99 Å². The summed E-state index contributed by atoms with van der Waals surface area (Å²) in [5.41, 5.74) is 0.336. The van der Waals surface area contributed by atoms with Gasteiger partial charge in [0.25, 0.3) is 0 Å². The van der Waals surface area contributed by atoms with Crippen LogP contribution < -0.4 is 4.74 Å². The van der Waals surface area contributed by atoms with Gasteiger partial charge in [0, 0.05) is 0 Å². The molecule has 86 valence electrons. The molecule has 0 spiro atoms. The van der Waals surface area contributed by atoms with Gasteiger partial charge in [-0.15, -0.1) is 0 Å². The minimum atomic E-state index is -0.420. The quantitative estimate of drug-likeness (QED) is 0.691. The third kappa shape index (κ3) is 1.92. The van der Waals surface area contributed by atoms with E-state index in [9.17, 15) is 0 Å². The molecule has 1 aromatic carbocycles. The van der Waals surface area contributed by atoms with Crippen LogP contribution in [0.15, 0.2) is 23.2 Å². The van der Waals surface area contributed by atoms with Gasteiger partial charge in [-0.05, 0) is 32.9 Å². The molecule has 1 atom stereocenters. The van der Waals surface area contributed by atoms with Gasteiger partial charge in [0.1, 0.15) is 16.5 Å². The first-order valence-corrected chi connectivity index (χ1v) is 5.88. The van der Waals surface area contributed by atoms with Crippen LogP contribution >= 0.6 is 23.2 Å². The Labute approximate surface area is 105 Å². The number of halogens is 2. The minimum Gasteiger partial charge on any atom is -0.483 e. The predicted octanol–water partition coefficient (Wildman–Crippen LogP) is 3.88. The van der Waals surface area contributed by atoms with Gasteiger partial charge >= 0.3 is 0 Å². The van der Waals surface area contributed by atoms with Gasteiger partial charge < -0.3 is 4.74 Å². The Hall–Kier alpha value is -0.730. The van der Waals surface area contributed by atoms with Crippen LogP contribution in [0.1, 0.15) is 26.3 Å². The zero-order valence-corrected chi connectivity index (χ0v) is 10.9. The molecule has 0 amide bonds. The van der Waals surface area contributed by atoms with E-state index in [-0.39, 0.29) is 6.04 Å². The summed E-state index contributed by atoms with van der Waals surface area (Å²) in [6.45, 7) is 5.93. The Morgan fingerprint density at radius 3 is 2.69 bits per heavy atom. The summed E-state index contributed by atoms with van der Waals surface area (Å²) in [6, 6.07) is 5.46. The van der Waals surface area contributed by atoms with Crippen molar-refractivity contribution in [2.75, 3.05) is 0 Å². The van der Waals surface area contributed by atoms with Crippen LogP contribution in [0.2, 0.25) is 5.02 Å². The van der Waals surface area contributed by atoms with Crippen molar-refractivity contribution >= 4 is 28.4 Å². The molecule has 1 aliphatic rings. The number of ether oxygens (including phenoxy) is 1. The molecule has 16 heavy (non-hydrogen) atoms. The average Bonchev–Trinajstić information content (AvgIpc) is 2.27. The zero-order valence-electron chi connectivity index (χ0n) is 9.42. The highest BCUT2D eigenvalue weighted by atomic mass is 35.5. The van der Waals surface area contributed by atoms with Gasteiger partial charge in [0.2, 0.25) is 0 Å². The molecule has 0 bridgehead atoms. The molecule has 2 nitrogen and oxygen atoms in total. The standard InChI is InChI=1S/C12H13Cl2NO/c1-7-12(2,3)16-10-8(11(14)15-7)5-4-6-9(10)13/h4-7H,1-3H3/t7-/m0/s1. The molecule has 0 unspecified atom stereocenters. The SMILES string of the molecule is C[C@@H]1N=C(Cl)c2cccc(Cl)c2OC1(C)C. The number of rotatable bonds is 0. The van der Waals surface area contributed by atoms with Crippen LogP contribution in [0, 0.1) is 0 Å². The molecule has 0 fully saturated rings. The summed E-state index contributed by atoms with van der Waals surface area (Å²) in [6.07, 6.45) is 0. The van der Waals surface area contributed by atoms with E-state index in [4.69, 9.17) is 27.9 Å². The first kappa shape index (κ1) is 11.7. The molecule has 1 heterocycles.